The second-order valence-electron chi connectivity index (χ2n) is 5.88. The van der Waals surface area contributed by atoms with E-state index in [0.717, 1.165) is 32.1 Å². The van der Waals surface area contributed by atoms with Gasteiger partial charge in [-0.1, -0.05) is 13.8 Å². The Balaban J connectivity index is 1.69. The van der Waals surface area contributed by atoms with Crippen molar-refractivity contribution in [2.75, 3.05) is 32.7 Å². The van der Waals surface area contributed by atoms with Crippen molar-refractivity contribution in [3.8, 4) is 0 Å². The summed E-state index contributed by atoms with van der Waals surface area (Å²) in [6.45, 7) is 8.99. The van der Waals surface area contributed by atoms with Crippen molar-refractivity contribution in [3.63, 3.8) is 0 Å². The molecule has 4 nitrogen and oxygen atoms in total. The fourth-order valence-electron chi connectivity index (χ4n) is 2.82. The van der Waals surface area contributed by atoms with Gasteiger partial charge in [-0.3, -0.25) is 9.69 Å². The molecule has 4 heteroatoms. The minimum absolute atomic E-state index is 0.131. The van der Waals surface area contributed by atoms with Crippen LogP contribution in [-0.4, -0.2) is 54.5 Å². The van der Waals surface area contributed by atoms with Gasteiger partial charge in [0, 0.05) is 44.7 Å². The van der Waals surface area contributed by atoms with E-state index >= 15 is 0 Å². The molecule has 1 heterocycles. The van der Waals surface area contributed by atoms with Crippen molar-refractivity contribution in [3.05, 3.63) is 0 Å². The summed E-state index contributed by atoms with van der Waals surface area (Å²) < 4.78 is 0. The van der Waals surface area contributed by atoms with Crippen LogP contribution in [0.3, 0.4) is 0 Å². The van der Waals surface area contributed by atoms with Crippen LogP contribution in [0.15, 0.2) is 0 Å². The molecule has 0 atom stereocenters. The van der Waals surface area contributed by atoms with E-state index < -0.39 is 0 Å². The zero-order valence-electron chi connectivity index (χ0n) is 11.1. The van der Waals surface area contributed by atoms with Crippen LogP contribution in [0.2, 0.25) is 0 Å². The normalized spacial score (nSPS) is 30.5. The summed E-state index contributed by atoms with van der Waals surface area (Å²) in [7, 11) is 0. The number of carbonyl (C=O) groups is 1. The summed E-state index contributed by atoms with van der Waals surface area (Å²) >= 11 is 0. The van der Waals surface area contributed by atoms with Crippen molar-refractivity contribution in [1.82, 2.24) is 9.80 Å². The van der Waals surface area contributed by atoms with Crippen LogP contribution in [0.4, 0.5) is 0 Å². The highest BCUT2D eigenvalue weighted by molar-refractivity contribution is 5.78. The predicted octanol–water partition coefficient (Wildman–Crippen LogP) is 0.524. The quantitative estimate of drug-likeness (QED) is 0.781. The fraction of sp³-hybridized carbons (Fsp3) is 0.923. The first-order valence-electron chi connectivity index (χ1n) is 6.83. The van der Waals surface area contributed by atoms with Gasteiger partial charge in [-0.25, -0.2) is 0 Å². The first kappa shape index (κ1) is 12.8. The van der Waals surface area contributed by atoms with Gasteiger partial charge in [0.1, 0.15) is 0 Å². The molecule has 0 aromatic heterocycles. The summed E-state index contributed by atoms with van der Waals surface area (Å²) in [4.78, 5) is 16.3. The Morgan fingerprint density at radius 1 is 1.24 bits per heavy atom. The van der Waals surface area contributed by atoms with E-state index in [1.54, 1.807) is 0 Å². The van der Waals surface area contributed by atoms with Crippen LogP contribution in [0.1, 0.15) is 26.7 Å². The number of hydrogen-bond donors (Lipinski definition) is 1. The number of nitrogens with zero attached hydrogens (tertiary/aromatic N) is 2. The minimum Gasteiger partial charge on any atom is -0.340 e. The molecule has 1 saturated heterocycles. The van der Waals surface area contributed by atoms with Crippen molar-refractivity contribution in [2.24, 2.45) is 17.6 Å². The Bertz CT molecular complexity index is 266. The molecule has 2 fully saturated rings. The molecular weight excluding hydrogens is 214 g/mol. The molecule has 0 radical (unpaired) electrons. The first-order chi connectivity index (χ1) is 8.06. The molecular formula is C13H25N3O. The van der Waals surface area contributed by atoms with Crippen molar-refractivity contribution in [2.45, 2.75) is 32.7 Å². The molecule has 1 aliphatic carbocycles. The summed E-state index contributed by atoms with van der Waals surface area (Å²) in [6, 6.07) is 0.448. The van der Waals surface area contributed by atoms with Gasteiger partial charge in [0.2, 0.25) is 5.91 Å². The van der Waals surface area contributed by atoms with Gasteiger partial charge >= 0.3 is 0 Å². The standard InChI is InChI=1S/C13H25N3O/c1-10(2)13(17)16-5-3-15(4-6-16)9-11-7-12(14)8-11/h10-12H,3-9,14H2,1-2H3. The Morgan fingerprint density at radius 2 is 1.82 bits per heavy atom. The van der Waals surface area contributed by atoms with Crippen LogP contribution in [-0.2, 0) is 4.79 Å². The number of hydrogen-bond acceptors (Lipinski definition) is 3. The van der Waals surface area contributed by atoms with Gasteiger partial charge in [-0.05, 0) is 18.8 Å². The average Bonchev–Trinajstić information content (AvgIpc) is 2.27. The van der Waals surface area contributed by atoms with Gasteiger partial charge in [0.25, 0.3) is 0 Å². The predicted molar refractivity (Wildman–Crippen MR) is 68.6 cm³/mol. The zero-order valence-corrected chi connectivity index (χ0v) is 11.1. The number of piperazine rings is 1. The topological polar surface area (TPSA) is 49.6 Å². The van der Waals surface area contributed by atoms with Crippen molar-refractivity contribution < 1.29 is 4.79 Å². The van der Waals surface area contributed by atoms with Crippen LogP contribution in [0.25, 0.3) is 0 Å². The highest BCUT2D eigenvalue weighted by Gasteiger charge is 2.29. The lowest BCUT2D eigenvalue weighted by Crippen LogP contribution is -2.52. The van der Waals surface area contributed by atoms with E-state index in [4.69, 9.17) is 5.73 Å². The maximum absolute atomic E-state index is 11.8. The molecule has 1 aliphatic heterocycles. The van der Waals surface area contributed by atoms with Crippen LogP contribution in [0.5, 0.6) is 0 Å². The minimum atomic E-state index is 0.131. The third kappa shape index (κ3) is 3.19. The summed E-state index contributed by atoms with van der Waals surface area (Å²) in [5, 5.41) is 0. The number of nitrogens with two attached hydrogens (primary N) is 1. The molecule has 98 valence electrons. The monoisotopic (exact) mass is 239 g/mol. The first-order valence-corrected chi connectivity index (χ1v) is 6.83. The second kappa shape index (κ2) is 5.36. The molecule has 1 saturated carbocycles. The third-order valence-corrected chi connectivity index (χ3v) is 3.97. The van der Waals surface area contributed by atoms with E-state index in [0.29, 0.717) is 11.9 Å². The summed E-state index contributed by atoms with van der Waals surface area (Å²) in [5.74, 6) is 1.24. The molecule has 2 aliphatic rings. The number of rotatable bonds is 3. The van der Waals surface area contributed by atoms with Crippen molar-refractivity contribution in [1.29, 1.82) is 0 Å². The SMILES string of the molecule is CC(C)C(=O)N1CCN(CC2CC(N)C2)CC1. The van der Waals surface area contributed by atoms with Gasteiger partial charge in [-0.2, -0.15) is 0 Å². The summed E-state index contributed by atoms with van der Waals surface area (Å²) in [5.41, 5.74) is 5.80. The van der Waals surface area contributed by atoms with Gasteiger partial charge in [0.05, 0.1) is 0 Å². The summed E-state index contributed by atoms with van der Waals surface area (Å²) in [6.07, 6.45) is 2.37. The molecule has 17 heavy (non-hydrogen) atoms. The highest BCUT2D eigenvalue weighted by Crippen LogP contribution is 2.26. The maximum atomic E-state index is 11.8. The van der Waals surface area contributed by atoms with Crippen LogP contribution in [0, 0.1) is 11.8 Å². The molecule has 2 rings (SSSR count). The van der Waals surface area contributed by atoms with Gasteiger partial charge < -0.3 is 10.6 Å². The second-order valence-corrected chi connectivity index (χ2v) is 5.88. The molecule has 2 N–H and O–H groups in total. The van der Waals surface area contributed by atoms with Crippen LogP contribution >= 0.6 is 0 Å². The molecule has 0 unspecified atom stereocenters. The number of carbonyl (C=O) groups excluding carboxylic acids is 1. The third-order valence-electron chi connectivity index (χ3n) is 3.97. The zero-order chi connectivity index (χ0) is 12.4. The molecule has 0 aromatic rings. The lowest BCUT2D eigenvalue weighted by molar-refractivity contribution is -0.136. The Hall–Kier alpha value is -0.610. The van der Waals surface area contributed by atoms with E-state index in [2.05, 4.69) is 4.90 Å². The van der Waals surface area contributed by atoms with Crippen LogP contribution < -0.4 is 5.73 Å². The molecule has 0 spiro atoms. The average molecular weight is 239 g/mol. The van der Waals surface area contributed by atoms with E-state index in [1.807, 2.05) is 18.7 Å². The van der Waals surface area contributed by atoms with Gasteiger partial charge in [-0.15, -0.1) is 0 Å². The Labute approximate surface area is 104 Å². The van der Waals surface area contributed by atoms with Crippen molar-refractivity contribution >= 4 is 5.91 Å². The highest BCUT2D eigenvalue weighted by atomic mass is 16.2. The lowest BCUT2D eigenvalue weighted by Gasteiger charge is -2.40. The van der Waals surface area contributed by atoms with Gasteiger partial charge in [0.15, 0.2) is 0 Å². The largest absolute Gasteiger partial charge is 0.340 e. The maximum Gasteiger partial charge on any atom is 0.225 e. The van der Waals surface area contributed by atoms with E-state index in [-0.39, 0.29) is 5.92 Å². The fourth-order valence-corrected chi connectivity index (χ4v) is 2.82. The van der Waals surface area contributed by atoms with E-state index in [1.165, 1.54) is 19.4 Å². The van der Waals surface area contributed by atoms with E-state index in [9.17, 15) is 4.79 Å². The number of amides is 1. The molecule has 1 amide bonds. The smallest absolute Gasteiger partial charge is 0.225 e. The lowest BCUT2D eigenvalue weighted by atomic mass is 9.80. The Kier molecular flexibility index (Phi) is 4.05. The molecule has 0 bridgehead atoms. The Morgan fingerprint density at radius 3 is 2.29 bits per heavy atom. The molecule has 0 aromatic carbocycles.